The molecule has 1 fully saturated rings. The van der Waals surface area contributed by atoms with Crippen LogP contribution < -0.4 is 5.32 Å². The Morgan fingerprint density at radius 3 is 2.71 bits per heavy atom. The smallest absolute Gasteiger partial charge is 0.263 e. The number of nitrogens with zero attached hydrogens (tertiary/aromatic N) is 3. The summed E-state index contributed by atoms with van der Waals surface area (Å²) in [5, 5.41) is 4.03. The molecule has 1 aliphatic rings. The van der Waals surface area contributed by atoms with Gasteiger partial charge in [0.2, 0.25) is 0 Å². The molecule has 0 aromatic carbocycles. The van der Waals surface area contributed by atoms with Gasteiger partial charge in [0, 0.05) is 13.1 Å². The minimum absolute atomic E-state index is 0.0109. The van der Waals surface area contributed by atoms with Crippen molar-refractivity contribution in [2.75, 3.05) is 40.3 Å². The van der Waals surface area contributed by atoms with Gasteiger partial charge in [-0.15, -0.1) is 11.3 Å². The average molecular weight is 310 g/mol. The van der Waals surface area contributed by atoms with Gasteiger partial charge in [0.25, 0.3) is 5.91 Å². The highest BCUT2D eigenvalue weighted by molar-refractivity contribution is 7.13. The number of carbonyl (C=O) groups excluding carboxylic acids is 1. The molecule has 1 amide bonds. The molecule has 1 aromatic rings. The number of aromatic nitrogens is 1. The van der Waals surface area contributed by atoms with Gasteiger partial charge in [-0.3, -0.25) is 9.69 Å². The zero-order valence-corrected chi connectivity index (χ0v) is 14.1. The van der Waals surface area contributed by atoms with Crippen molar-refractivity contribution in [3.63, 3.8) is 0 Å². The van der Waals surface area contributed by atoms with Crippen LogP contribution in [0.25, 0.3) is 0 Å². The van der Waals surface area contributed by atoms with Gasteiger partial charge < -0.3 is 10.2 Å². The summed E-state index contributed by atoms with van der Waals surface area (Å²) in [6, 6.07) is 0. The molecule has 2 heterocycles. The highest BCUT2D eigenvalue weighted by atomic mass is 32.1. The number of amides is 1. The largest absolute Gasteiger partial charge is 0.350 e. The molecule has 1 N–H and O–H groups in total. The first-order valence-corrected chi connectivity index (χ1v) is 8.49. The van der Waals surface area contributed by atoms with E-state index in [2.05, 4.69) is 20.1 Å². The Kier molecular flexibility index (Phi) is 6.14. The van der Waals surface area contributed by atoms with E-state index in [1.807, 2.05) is 21.0 Å². The highest BCUT2D eigenvalue weighted by Gasteiger charge is 2.17. The number of rotatable bonds is 6. The van der Waals surface area contributed by atoms with Crippen molar-refractivity contribution in [1.29, 1.82) is 0 Å². The lowest BCUT2D eigenvalue weighted by molar-refractivity contribution is 0.0954. The van der Waals surface area contributed by atoms with Crippen LogP contribution in [0.1, 0.15) is 39.6 Å². The van der Waals surface area contributed by atoms with E-state index in [1.54, 1.807) is 11.3 Å². The van der Waals surface area contributed by atoms with Crippen molar-refractivity contribution >= 4 is 17.2 Å². The second-order valence-corrected chi connectivity index (χ2v) is 7.00. The molecule has 1 aromatic heterocycles. The minimum atomic E-state index is 0.0109. The molecular weight excluding hydrogens is 284 g/mol. The van der Waals surface area contributed by atoms with Crippen LogP contribution in [0.2, 0.25) is 0 Å². The van der Waals surface area contributed by atoms with Gasteiger partial charge in [-0.1, -0.05) is 6.42 Å². The Morgan fingerprint density at radius 2 is 2.05 bits per heavy atom. The van der Waals surface area contributed by atoms with Gasteiger partial charge in [0.15, 0.2) is 0 Å². The first-order chi connectivity index (χ1) is 10.1. The van der Waals surface area contributed by atoms with Gasteiger partial charge in [-0.05, 0) is 47.0 Å². The fourth-order valence-electron chi connectivity index (χ4n) is 2.51. The van der Waals surface area contributed by atoms with E-state index in [9.17, 15) is 4.79 Å². The summed E-state index contributed by atoms with van der Waals surface area (Å²) in [7, 11) is 4.00. The molecule has 0 spiro atoms. The standard InChI is InChI=1S/C15H26N4OS/c1-12-14(15(20)16-7-10-18(2)3)21-13(17-12)11-19-8-5-4-6-9-19/h4-11H2,1-3H3,(H,16,20). The lowest BCUT2D eigenvalue weighted by atomic mass is 10.1. The van der Waals surface area contributed by atoms with Crippen molar-refractivity contribution < 1.29 is 4.79 Å². The Balaban J connectivity index is 1.90. The number of likely N-dealkylation sites (tertiary alicyclic amines) is 1. The van der Waals surface area contributed by atoms with Crippen molar-refractivity contribution in [3.8, 4) is 0 Å². The fraction of sp³-hybridized carbons (Fsp3) is 0.733. The summed E-state index contributed by atoms with van der Waals surface area (Å²) in [5.74, 6) is 0.0109. The number of piperidine rings is 1. The summed E-state index contributed by atoms with van der Waals surface area (Å²) in [4.78, 5) is 22.0. The van der Waals surface area contributed by atoms with Crippen LogP contribution in [0.4, 0.5) is 0 Å². The van der Waals surface area contributed by atoms with Crippen LogP contribution in [0.15, 0.2) is 0 Å². The minimum Gasteiger partial charge on any atom is -0.350 e. The Morgan fingerprint density at radius 1 is 1.33 bits per heavy atom. The van der Waals surface area contributed by atoms with E-state index in [-0.39, 0.29) is 5.91 Å². The van der Waals surface area contributed by atoms with Crippen LogP contribution in [0.3, 0.4) is 0 Å². The third-order valence-electron chi connectivity index (χ3n) is 3.70. The maximum Gasteiger partial charge on any atom is 0.263 e. The third kappa shape index (κ3) is 5.05. The van der Waals surface area contributed by atoms with E-state index in [1.165, 1.54) is 19.3 Å². The average Bonchev–Trinajstić information content (AvgIpc) is 2.80. The van der Waals surface area contributed by atoms with Gasteiger partial charge >= 0.3 is 0 Å². The second-order valence-electron chi connectivity index (χ2n) is 5.92. The van der Waals surface area contributed by atoms with Crippen molar-refractivity contribution in [1.82, 2.24) is 20.1 Å². The number of carbonyl (C=O) groups is 1. The molecule has 5 nitrogen and oxygen atoms in total. The molecule has 1 aliphatic heterocycles. The lowest BCUT2D eigenvalue weighted by Gasteiger charge is -2.25. The molecule has 118 valence electrons. The van der Waals surface area contributed by atoms with E-state index in [4.69, 9.17) is 0 Å². The topological polar surface area (TPSA) is 48.5 Å². The molecule has 6 heteroatoms. The van der Waals surface area contributed by atoms with E-state index >= 15 is 0 Å². The summed E-state index contributed by atoms with van der Waals surface area (Å²) in [6.07, 6.45) is 3.90. The first-order valence-electron chi connectivity index (χ1n) is 7.68. The Hall–Kier alpha value is -0.980. The number of nitrogens with one attached hydrogen (secondary N) is 1. The summed E-state index contributed by atoms with van der Waals surface area (Å²) in [6.45, 7) is 6.65. The van der Waals surface area contributed by atoms with E-state index in [0.717, 1.165) is 41.8 Å². The Labute approximate surface area is 131 Å². The quantitative estimate of drug-likeness (QED) is 0.869. The maximum atomic E-state index is 12.2. The molecule has 0 unspecified atom stereocenters. The number of hydrogen-bond donors (Lipinski definition) is 1. The van der Waals surface area contributed by atoms with E-state index < -0.39 is 0 Å². The van der Waals surface area contributed by atoms with Crippen molar-refractivity contribution in [2.45, 2.75) is 32.7 Å². The van der Waals surface area contributed by atoms with Crippen LogP contribution in [-0.2, 0) is 6.54 Å². The predicted octanol–water partition coefficient (Wildman–Crippen LogP) is 1.73. The van der Waals surface area contributed by atoms with Crippen molar-refractivity contribution in [2.24, 2.45) is 0 Å². The van der Waals surface area contributed by atoms with Gasteiger partial charge in [0.05, 0.1) is 12.2 Å². The molecule has 2 rings (SSSR count). The number of likely N-dealkylation sites (N-methyl/N-ethyl adjacent to an activating group) is 1. The first kappa shape index (κ1) is 16.4. The van der Waals surface area contributed by atoms with Gasteiger partial charge in [-0.25, -0.2) is 4.98 Å². The fourth-order valence-corrected chi connectivity index (χ4v) is 3.54. The maximum absolute atomic E-state index is 12.2. The van der Waals surface area contributed by atoms with Crippen LogP contribution in [-0.4, -0.2) is 61.0 Å². The molecule has 1 saturated heterocycles. The molecular formula is C15H26N4OS. The number of thiazole rings is 1. The lowest BCUT2D eigenvalue weighted by Crippen LogP contribution is -2.31. The monoisotopic (exact) mass is 310 g/mol. The normalized spacial score (nSPS) is 16.4. The predicted molar refractivity (Wildman–Crippen MR) is 86.9 cm³/mol. The van der Waals surface area contributed by atoms with E-state index in [0.29, 0.717) is 6.54 Å². The van der Waals surface area contributed by atoms with Crippen LogP contribution in [0, 0.1) is 6.92 Å². The zero-order valence-electron chi connectivity index (χ0n) is 13.3. The molecule has 21 heavy (non-hydrogen) atoms. The Bertz CT molecular complexity index is 466. The highest BCUT2D eigenvalue weighted by Crippen LogP contribution is 2.21. The van der Waals surface area contributed by atoms with Crippen molar-refractivity contribution in [3.05, 3.63) is 15.6 Å². The van der Waals surface area contributed by atoms with Gasteiger partial charge in [-0.2, -0.15) is 0 Å². The third-order valence-corrected chi connectivity index (χ3v) is 4.84. The van der Waals surface area contributed by atoms with Crippen LogP contribution >= 0.6 is 11.3 Å². The molecule has 0 saturated carbocycles. The van der Waals surface area contributed by atoms with Crippen LogP contribution in [0.5, 0.6) is 0 Å². The van der Waals surface area contributed by atoms with Gasteiger partial charge in [0.1, 0.15) is 9.88 Å². The summed E-state index contributed by atoms with van der Waals surface area (Å²) < 4.78 is 0. The molecule has 0 atom stereocenters. The molecule has 0 bridgehead atoms. The zero-order chi connectivity index (χ0) is 15.2. The number of aryl methyl sites for hydroxylation is 1. The number of hydrogen-bond acceptors (Lipinski definition) is 5. The summed E-state index contributed by atoms with van der Waals surface area (Å²) in [5.41, 5.74) is 0.856. The molecule has 0 radical (unpaired) electrons. The SMILES string of the molecule is Cc1nc(CN2CCCCC2)sc1C(=O)NCCN(C)C. The molecule has 0 aliphatic carbocycles. The summed E-state index contributed by atoms with van der Waals surface area (Å²) >= 11 is 1.54. The second kappa shape index (κ2) is 7.87.